The Morgan fingerprint density at radius 3 is 2.76 bits per heavy atom. The molecule has 6 rings (SSSR count). The topological polar surface area (TPSA) is 117 Å². The number of rotatable bonds is 5. The van der Waals surface area contributed by atoms with E-state index in [0.717, 1.165) is 34.7 Å². The Hall–Kier alpha value is -3.30. The van der Waals surface area contributed by atoms with E-state index in [1.807, 2.05) is 23.7 Å². The molecule has 34 heavy (non-hydrogen) atoms. The predicted octanol–water partition coefficient (Wildman–Crippen LogP) is 2.71. The van der Waals surface area contributed by atoms with Gasteiger partial charge in [0, 0.05) is 49.7 Å². The van der Waals surface area contributed by atoms with Gasteiger partial charge in [0.15, 0.2) is 5.82 Å². The number of likely N-dealkylation sites (tertiary alicyclic amines) is 1. The summed E-state index contributed by atoms with van der Waals surface area (Å²) in [5.74, 6) is 2.03. The van der Waals surface area contributed by atoms with Gasteiger partial charge in [0.1, 0.15) is 11.3 Å². The number of imidazole rings is 1. The van der Waals surface area contributed by atoms with E-state index >= 15 is 0 Å². The first-order valence-electron chi connectivity index (χ1n) is 11.9. The van der Waals surface area contributed by atoms with Gasteiger partial charge < -0.3 is 34.7 Å². The molecule has 0 spiro atoms. The van der Waals surface area contributed by atoms with Crippen LogP contribution in [0.3, 0.4) is 0 Å². The number of nitrogens with zero attached hydrogens (tertiary/aromatic N) is 4. The van der Waals surface area contributed by atoms with E-state index in [1.165, 1.54) is 12.8 Å². The lowest BCUT2D eigenvalue weighted by molar-refractivity contribution is 0.0696. The van der Waals surface area contributed by atoms with Crippen LogP contribution < -0.4 is 16.2 Å². The molecule has 178 valence electrons. The van der Waals surface area contributed by atoms with E-state index in [4.69, 9.17) is 25.6 Å². The molecule has 2 aliphatic rings. The normalized spacial score (nSPS) is 21.0. The molecule has 9 heteroatoms. The fourth-order valence-corrected chi connectivity index (χ4v) is 5.09. The zero-order chi connectivity index (χ0) is 23.6. The van der Waals surface area contributed by atoms with Crippen molar-refractivity contribution in [2.75, 3.05) is 20.2 Å². The van der Waals surface area contributed by atoms with E-state index in [9.17, 15) is 4.79 Å². The van der Waals surface area contributed by atoms with Crippen LogP contribution in [0.2, 0.25) is 0 Å². The molecule has 9 nitrogen and oxygen atoms in total. The molecule has 1 unspecified atom stereocenters. The zero-order valence-corrected chi connectivity index (χ0v) is 19.5. The number of aryl methyl sites for hydroxylation is 1. The van der Waals surface area contributed by atoms with Gasteiger partial charge in [0.25, 0.3) is 5.91 Å². The van der Waals surface area contributed by atoms with Crippen LogP contribution in [0.5, 0.6) is 5.75 Å². The summed E-state index contributed by atoms with van der Waals surface area (Å²) in [4.78, 5) is 20.1. The van der Waals surface area contributed by atoms with Crippen LogP contribution in [-0.4, -0.2) is 57.2 Å². The molecule has 1 saturated heterocycles. The van der Waals surface area contributed by atoms with Gasteiger partial charge in [-0.05, 0) is 49.4 Å². The fraction of sp³-hybridized carbons (Fsp3) is 0.440. The maximum Gasteiger partial charge on any atom is 0.254 e. The van der Waals surface area contributed by atoms with Gasteiger partial charge in [-0.15, -0.1) is 0 Å². The average Bonchev–Trinajstić information content (AvgIpc) is 3.28. The van der Waals surface area contributed by atoms with E-state index < -0.39 is 0 Å². The first-order valence-corrected chi connectivity index (χ1v) is 11.9. The summed E-state index contributed by atoms with van der Waals surface area (Å²) in [6.45, 7) is 1.95. The van der Waals surface area contributed by atoms with Crippen LogP contribution in [0.25, 0.3) is 33.7 Å². The molecule has 1 saturated carbocycles. The van der Waals surface area contributed by atoms with Crippen molar-refractivity contribution in [2.24, 2.45) is 24.4 Å². The van der Waals surface area contributed by atoms with Crippen molar-refractivity contribution >= 4 is 28.0 Å². The fourth-order valence-electron chi connectivity index (χ4n) is 5.09. The third-order valence-electron chi connectivity index (χ3n) is 7.27. The summed E-state index contributed by atoms with van der Waals surface area (Å²) in [6, 6.07) is 7.46. The van der Waals surface area contributed by atoms with Gasteiger partial charge >= 0.3 is 0 Å². The number of hydrogen-bond donors (Lipinski definition) is 2. The molecule has 0 bridgehead atoms. The summed E-state index contributed by atoms with van der Waals surface area (Å²) in [5, 5.41) is 1.06. The maximum atomic E-state index is 13.3. The van der Waals surface area contributed by atoms with Gasteiger partial charge in [-0.3, -0.25) is 4.79 Å². The summed E-state index contributed by atoms with van der Waals surface area (Å²) in [5.41, 5.74) is 16.1. The molecule has 4 N–H and O–H groups in total. The van der Waals surface area contributed by atoms with Crippen molar-refractivity contribution in [1.29, 1.82) is 0 Å². The maximum absolute atomic E-state index is 13.3. The minimum absolute atomic E-state index is 0.0771. The number of hydrogen-bond acceptors (Lipinski definition) is 6. The highest BCUT2D eigenvalue weighted by Gasteiger charge is 2.30. The molecule has 2 fully saturated rings. The minimum Gasteiger partial charge on any atom is -0.494 e. The summed E-state index contributed by atoms with van der Waals surface area (Å²) in [7, 11) is 3.60. The second-order valence-corrected chi connectivity index (χ2v) is 9.67. The lowest BCUT2D eigenvalue weighted by atomic mass is 10.00. The van der Waals surface area contributed by atoms with Gasteiger partial charge in [-0.25, -0.2) is 4.98 Å². The molecule has 4 aromatic rings. The van der Waals surface area contributed by atoms with Gasteiger partial charge in [0.05, 0.1) is 24.6 Å². The number of aromatic nitrogens is 3. The molecule has 1 aromatic carbocycles. The van der Waals surface area contributed by atoms with E-state index in [0.29, 0.717) is 42.3 Å². The van der Waals surface area contributed by atoms with Crippen LogP contribution in [0.15, 0.2) is 34.9 Å². The lowest BCUT2D eigenvalue weighted by Crippen LogP contribution is -2.56. The smallest absolute Gasteiger partial charge is 0.254 e. The van der Waals surface area contributed by atoms with Crippen LogP contribution in [0, 0.1) is 5.92 Å². The molecule has 1 amide bonds. The Bertz CT molecular complexity index is 1390. The highest BCUT2D eigenvalue weighted by atomic mass is 16.5. The number of ether oxygens (including phenoxy) is 1. The number of methoxy groups -OCH3 is 1. The molecule has 4 heterocycles. The molecule has 3 aromatic heterocycles. The summed E-state index contributed by atoms with van der Waals surface area (Å²) < 4.78 is 15.8. The van der Waals surface area contributed by atoms with E-state index in [1.54, 1.807) is 24.3 Å². The average molecular weight is 463 g/mol. The number of benzene rings is 1. The molecule has 1 aliphatic heterocycles. The first kappa shape index (κ1) is 21.2. The quantitative estimate of drug-likeness (QED) is 0.471. The number of carbonyl (C=O) groups is 1. The number of carbonyl (C=O) groups excluding carboxylic acids is 1. The molecular formula is C25H30N6O3. The Morgan fingerprint density at radius 2 is 2.03 bits per heavy atom. The molecular weight excluding hydrogens is 432 g/mol. The van der Waals surface area contributed by atoms with E-state index in [-0.39, 0.29) is 18.0 Å². The monoisotopic (exact) mass is 462 g/mol. The second kappa shape index (κ2) is 7.89. The third kappa shape index (κ3) is 3.38. The minimum atomic E-state index is -0.220. The zero-order valence-electron chi connectivity index (χ0n) is 19.5. The van der Waals surface area contributed by atoms with Crippen molar-refractivity contribution in [1.82, 2.24) is 19.0 Å². The SMILES string of the molecule is COc1cc(C(=O)N2CCC(N)[C@@H](N)C2)cc2nc(-c3cc4ccoc4n3CC3CC3)n(C)c12. The van der Waals surface area contributed by atoms with Gasteiger partial charge in [-0.2, -0.15) is 0 Å². The third-order valence-corrected chi connectivity index (χ3v) is 7.27. The Kier molecular flexibility index (Phi) is 4.93. The summed E-state index contributed by atoms with van der Waals surface area (Å²) in [6.07, 6.45) is 4.91. The highest BCUT2D eigenvalue weighted by Crippen LogP contribution is 2.38. The number of fused-ring (bicyclic) bond motifs is 2. The Labute approximate surface area is 197 Å². The van der Waals surface area contributed by atoms with Gasteiger partial charge in [0.2, 0.25) is 5.71 Å². The van der Waals surface area contributed by atoms with Crippen LogP contribution in [0.4, 0.5) is 0 Å². The molecule has 2 atom stereocenters. The standard InChI is InChI=1S/C25H30N6O3/c1-29-22-19(9-16(11-21(22)33-2)24(32)30-7-5-17(26)18(27)13-30)28-23(29)20-10-15-6-8-34-25(15)31(20)12-14-3-4-14/h6,8-11,14,17-18H,3-5,7,12-13,26-27H2,1-2H3/t17?,18-/m0/s1. The Balaban J connectivity index is 1.44. The number of amides is 1. The predicted molar refractivity (Wildman–Crippen MR) is 130 cm³/mol. The number of furan rings is 1. The van der Waals surface area contributed by atoms with Crippen LogP contribution >= 0.6 is 0 Å². The number of nitrogens with two attached hydrogens (primary N) is 2. The van der Waals surface area contributed by atoms with Crippen molar-refractivity contribution in [2.45, 2.75) is 37.9 Å². The molecule has 1 aliphatic carbocycles. The van der Waals surface area contributed by atoms with Crippen molar-refractivity contribution in [3.8, 4) is 17.3 Å². The van der Waals surface area contributed by atoms with Crippen LogP contribution in [0.1, 0.15) is 29.6 Å². The largest absolute Gasteiger partial charge is 0.494 e. The van der Waals surface area contributed by atoms with E-state index in [2.05, 4.69) is 10.6 Å². The lowest BCUT2D eigenvalue weighted by Gasteiger charge is -2.34. The van der Waals surface area contributed by atoms with Crippen molar-refractivity contribution < 1.29 is 13.9 Å². The second-order valence-electron chi connectivity index (χ2n) is 9.67. The van der Waals surface area contributed by atoms with Crippen LogP contribution in [-0.2, 0) is 13.6 Å². The Morgan fingerprint density at radius 1 is 1.21 bits per heavy atom. The first-order chi connectivity index (χ1) is 16.4. The van der Waals surface area contributed by atoms with Crippen molar-refractivity contribution in [3.63, 3.8) is 0 Å². The van der Waals surface area contributed by atoms with Crippen molar-refractivity contribution in [3.05, 3.63) is 36.1 Å². The van der Waals surface area contributed by atoms with Gasteiger partial charge in [-0.1, -0.05) is 0 Å². The molecule has 0 radical (unpaired) electrons. The highest BCUT2D eigenvalue weighted by molar-refractivity contribution is 6.00. The number of piperidine rings is 1. The summed E-state index contributed by atoms with van der Waals surface area (Å²) >= 11 is 0.